The summed E-state index contributed by atoms with van der Waals surface area (Å²) in [6.45, 7) is -0.164. The molecule has 5 rings (SSSR count). The largest absolute Gasteiger partial charge is 0.348 e. The fourth-order valence-electron chi connectivity index (χ4n) is 4.72. The molecule has 0 radical (unpaired) electrons. The van der Waals surface area contributed by atoms with Crippen molar-refractivity contribution in [2.45, 2.75) is 43.5 Å². The van der Waals surface area contributed by atoms with Gasteiger partial charge < -0.3 is 14.8 Å². The Balaban J connectivity index is 1.28. The van der Waals surface area contributed by atoms with Gasteiger partial charge >= 0.3 is 0 Å². The van der Waals surface area contributed by atoms with E-state index in [-0.39, 0.29) is 50.3 Å². The van der Waals surface area contributed by atoms with Gasteiger partial charge in [-0.25, -0.2) is 21.6 Å². The summed E-state index contributed by atoms with van der Waals surface area (Å²) in [6, 6.07) is 7.10. The van der Waals surface area contributed by atoms with Crippen LogP contribution in [-0.4, -0.2) is 70.9 Å². The van der Waals surface area contributed by atoms with Crippen molar-refractivity contribution in [1.29, 1.82) is 0 Å². The highest BCUT2D eigenvalue weighted by atomic mass is 32.2. The molecule has 1 saturated heterocycles. The zero-order chi connectivity index (χ0) is 26.8. The molecule has 3 heterocycles. The minimum absolute atomic E-state index is 0.00341. The van der Waals surface area contributed by atoms with E-state index in [1.807, 2.05) is 0 Å². The first-order valence-electron chi connectivity index (χ1n) is 11.8. The molecule has 2 aromatic rings. The number of amides is 2. The quantitative estimate of drug-likeness (QED) is 0.575. The second-order valence-corrected chi connectivity index (χ2v) is 12.2. The average Bonchev–Trinajstić information content (AvgIpc) is 3.61. The highest BCUT2D eigenvalue weighted by molar-refractivity contribution is 7.90. The Labute approximate surface area is 210 Å². The first kappa shape index (κ1) is 25.5. The van der Waals surface area contributed by atoms with E-state index in [4.69, 9.17) is 0 Å². The van der Waals surface area contributed by atoms with E-state index in [9.17, 15) is 36.0 Å². The number of sulfonamides is 1. The van der Waals surface area contributed by atoms with E-state index in [1.54, 1.807) is 19.1 Å². The van der Waals surface area contributed by atoms with E-state index in [2.05, 4.69) is 5.32 Å². The monoisotopic (exact) mass is 538 g/mol. The number of hydrogen-bond donors (Lipinski definition) is 1. The lowest BCUT2D eigenvalue weighted by atomic mass is 10.1. The number of nitrogens with zero attached hydrogens (tertiary/aromatic N) is 3. The molecule has 198 valence electrons. The fraction of sp³-hybridized carbons (Fsp3) is 0.458. The summed E-state index contributed by atoms with van der Waals surface area (Å²) in [5.41, 5.74) is 0.143. The Morgan fingerprint density at radius 2 is 1.78 bits per heavy atom. The van der Waals surface area contributed by atoms with Gasteiger partial charge in [0.05, 0.1) is 13.1 Å². The topological polar surface area (TPSA) is 109 Å². The molecule has 0 bridgehead atoms. The molecule has 2 amide bonds. The number of rotatable bonds is 7. The first-order chi connectivity index (χ1) is 17.3. The van der Waals surface area contributed by atoms with Crippen LogP contribution >= 0.6 is 0 Å². The molecule has 1 saturated carbocycles. The molecule has 2 aliphatic heterocycles. The molecule has 37 heavy (non-hydrogen) atoms. The predicted molar refractivity (Wildman–Crippen MR) is 126 cm³/mol. The number of halogens is 3. The number of fused-ring (bicyclic) bond motifs is 1. The lowest BCUT2D eigenvalue weighted by Gasteiger charge is -2.41. The molecule has 1 aromatic heterocycles. The molecule has 9 nitrogen and oxygen atoms in total. The van der Waals surface area contributed by atoms with Crippen LogP contribution in [0.4, 0.5) is 13.2 Å². The Kier molecular flexibility index (Phi) is 5.98. The molecule has 13 heteroatoms. The molecule has 1 aromatic carbocycles. The molecule has 3 aliphatic rings. The van der Waals surface area contributed by atoms with Gasteiger partial charge in [0.2, 0.25) is 10.0 Å². The van der Waals surface area contributed by atoms with Gasteiger partial charge in [-0.05, 0) is 49.1 Å². The smallest absolute Gasteiger partial charge is 0.275 e. The predicted octanol–water partition coefficient (Wildman–Crippen LogP) is 1.49. The minimum atomic E-state index is -4.01. The second-order valence-electron chi connectivity index (χ2n) is 9.89. The Morgan fingerprint density at radius 1 is 1.08 bits per heavy atom. The molecule has 0 unspecified atom stereocenters. The lowest BCUT2D eigenvalue weighted by Crippen LogP contribution is -2.62. The third-order valence-electron chi connectivity index (χ3n) is 7.20. The van der Waals surface area contributed by atoms with Crippen LogP contribution in [0.15, 0.2) is 35.1 Å². The number of aryl methyl sites for hydroxylation is 1. The van der Waals surface area contributed by atoms with Crippen LogP contribution < -0.4 is 10.9 Å². The van der Waals surface area contributed by atoms with Crippen LogP contribution in [0, 0.1) is 12.7 Å². The molecule has 1 aliphatic carbocycles. The van der Waals surface area contributed by atoms with Crippen LogP contribution in [-0.2, 0) is 23.1 Å². The summed E-state index contributed by atoms with van der Waals surface area (Å²) in [6.07, 6.45) is 0.524. The molecule has 1 N–H and O–H groups in total. The van der Waals surface area contributed by atoms with Crippen molar-refractivity contribution in [2.24, 2.45) is 0 Å². The molecule has 0 spiro atoms. The van der Waals surface area contributed by atoms with E-state index in [0.29, 0.717) is 11.1 Å². The van der Waals surface area contributed by atoms with Crippen molar-refractivity contribution in [3.05, 3.63) is 68.9 Å². The lowest BCUT2D eigenvalue weighted by molar-refractivity contribution is -0.0950. The van der Waals surface area contributed by atoms with Gasteiger partial charge in [0, 0.05) is 26.2 Å². The summed E-state index contributed by atoms with van der Waals surface area (Å²) in [7, 11) is -4.01. The summed E-state index contributed by atoms with van der Waals surface area (Å²) >= 11 is 0. The van der Waals surface area contributed by atoms with Gasteiger partial charge in [-0.2, -0.15) is 4.31 Å². The standard InChI is InChI=1S/C24H25F3N4O5S/c1-15-2-3-16(10-18(15)25)11-28-20(32)17-4-5-19-22(34)29(8-9-31(19)21(17)33)12-23(6-7-23)37(35,36)30-13-24(26,27)14-30/h2-5,10H,6-9,11-14H2,1H3,(H,28,32). The number of carbonyl (C=O) groups excluding carboxylic acids is 2. The van der Waals surface area contributed by atoms with E-state index >= 15 is 0 Å². The highest BCUT2D eigenvalue weighted by Crippen LogP contribution is 2.48. The van der Waals surface area contributed by atoms with Gasteiger partial charge in [-0.15, -0.1) is 0 Å². The van der Waals surface area contributed by atoms with Gasteiger partial charge in [0.1, 0.15) is 21.8 Å². The van der Waals surface area contributed by atoms with E-state index < -0.39 is 57.0 Å². The van der Waals surface area contributed by atoms with E-state index in [1.165, 1.54) is 27.7 Å². The summed E-state index contributed by atoms with van der Waals surface area (Å²) in [5, 5.41) is 2.57. The molecular weight excluding hydrogens is 513 g/mol. The van der Waals surface area contributed by atoms with Gasteiger partial charge in [-0.3, -0.25) is 14.4 Å². The van der Waals surface area contributed by atoms with Crippen LogP contribution in [0.3, 0.4) is 0 Å². The molecule has 2 fully saturated rings. The summed E-state index contributed by atoms with van der Waals surface area (Å²) in [4.78, 5) is 40.0. The number of carbonyl (C=O) groups is 2. The maximum Gasteiger partial charge on any atom is 0.275 e. The third-order valence-corrected chi connectivity index (χ3v) is 9.77. The minimum Gasteiger partial charge on any atom is -0.348 e. The van der Waals surface area contributed by atoms with Crippen molar-refractivity contribution in [3.8, 4) is 0 Å². The van der Waals surface area contributed by atoms with Crippen molar-refractivity contribution < 1.29 is 31.2 Å². The Bertz CT molecular complexity index is 1460. The van der Waals surface area contributed by atoms with Crippen molar-refractivity contribution in [2.75, 3.05) is 26.2 Å². The first-order valence-corrected chi connectivity index (χ1v) is 13.2. The number of pyridine rings is 1. The highest BCUT2D eigenvalue weighted by Gasteiger charge is 2.62. The Morgan fingerprint density at radius 3 is 2.41 bits per heavy atom. The zero-order valence-corrected chi connectivity index (χ0v) is 20.8. The number of hydrogen-bond acceptors (Lipinski definition) is 5. The van der Waals surface area contributed by atoms with Crippen molar-refractivity contribution >= 4 is 21.8 Å². The van der Waals surface area contributed by atoms with Crippen molar-refractivity contribution in [3.63, 3.8) is 0 Å². The van der Waals surface area contributed by atoms with Gasteiger partial charge in [-0.1, -0.05) is 12.1 Å². The van der Waals surface area contributed by atoms with Gasteiger partial charge in [0.15, 0.2) is 0 Å². The third kappa shape index (κ3) is 4.43. The number of benzene rings is 1. The SMILES string of the molecule is Cc1ccc(CNC(=O)c2ccc3n(c2=O)CCN(CC2(S(=O)(=O)N4CC(F)(F)C4)CC2)C3=O)cc1F. The van der Waals surface area contributed by atoms with E-state index in [0.717, 1.165) is 4.31 Å². The average molecular weight is 539 g/mol. The summed E-state index contributed by atoms with van der Waals surface area (Å²) in [5.74, 6) is -4.69. The van der Waals surface area contributed by atoms with Crippen LogP contribution in [0.25, 0.3) is 0 Å². The zero-order valence-electron chi connectivity index (χ0n) is 20.0. The maximum absolute atomic E-state index is 13.7. The van der Waals surface area contributed by atoms with Gasteiger partial charge in [0.25, 0.3) is 23.3 Å². The summed E-state index contributed by atoms with van der Waals surface area (Å²) < 4.78 is 66.7. The fourth-order valence-corrected chi connectivity index (χ4v) is 6.92. The Hall–Kier alpha value is -3.19. The van der Waals surface area contributed by atoms with Crippen LogP contribution in [0.2, 0.25) is 0 Å². The van der Waals surface area contributed by atoms with Crippen molar-refractivity contribution in [1.82, 2.24) is 19.1 Å². The maximum atomic E-state index is 13.7. The van der Waals surface area contributed by atoms with Crippen LogP contribution in [0.5, 0.6) is 0 Å². The van der Waals surface area contributed by atoms with Crippen LogP contribution in [0.1, 0.15) is 44.8 Å². The molecule has 0 atom stereocenters. The number of nitrogens with one attached hydrogen (secondary N) is 1. The number of aromatic nitrogens is 1. The normalized spacial score (nSPS) is 20.2. The molecular formula is C24H25F3N4O5S. The number of alkyl halides is 2. The second kappa shape index (κ2) is 8.69.